The molecule has 1 aromatic rings. The summed E-state index contributed by atoms with van der Waals surface area (Å²) in [4.78, 5) is 0. The molecule has 0 aromatic heterocycles. The van der Waals surface area contributed by atoms with Crippen LogP contribution in [0.25, 0.3) is 0 Å². The van der Waals surface area contributed by atoms with E-state index in [9.17, 15) is 10.2 Å². The van der Waals surface area contributed by atoms with Crippen LogP contribution in [0.1, 0.15) is 11.9 Å². The van der Waals surface area contributed by atoms with Crippen LogP contribution in [-0.4, -0.2) is 46.8 Å². The zero-order valence-electron chi connectivity index (χ0n) is 9.27. The Morgan fingerprint density at radius 3 is 2.65 bits per heavy atom. The Kier molecular flexibility index (Phi) is 4.09. The average Bonchev–Trinajstić information content (AvgIpc) is 2.39. The summed E-state index contributed by atoms with van der Waals surface area (Å²) in [6.07, 6.45) is -3.50. The molecule has 5 heteroatoms. The van der Waals surface area contributed by atoms with Gasteiger partial charge in [-0.3, -0.25) is 0 Å². The molecule has 1 fully saturated rings. The van der Waals surface area contributed by atoms with Gasteiger partial charge in [0.05, 0.1) is 13.2 Å². The highest BCUT2D eigenvalue weighted by atomic mass is 16.7. The third-order valence-corrected chi connectivity index (χ3v) is 2.72. The molecule has 17 heavy (non-hydrogen) atoms. The number of hydrogen-bond acceptors (Lipinski definition) is 5. The average molecular weight is 240 g/mol. The van der Waals surface area contributed by atoms with Crippen LogP contribution < -0.4 is 0 Å². The highest BCUT2D eigenvalue weighted by Crippen LogP contribution is 2.27. The van der Waals surface area contributed by atoms with E-state index in [-0.39, 0.29) is 6.61 Å². The van der Waals surface area contributed by atoms with E-state index in [1.54, 1.807) is 0 Å². The molecular weight excluding hydrogens is 224 g/mol. The van der Waals surface area contributed by atoms with Crippen LogP contribution in [-0.2, 0) is 9.47 Å². The second-order valence-corrected chi connectivity index (χ2v) is 3.99. The van der Waals surface area contributed by atoms with Crippen molar-refractivity contribution in [1.29, 1.82) is 0 Å². The summed E-state index contributed by atoms with van der Waals surface area (Å²) in [6, 6.07) is 9.26. The predicted octanol–water partition coefficient (Wildman–Crippen LogP) is -0.185. The van der Waals surface area contributed by atoms with Gasteiger partial charge in [0, 0.05) is 5.56 Å². The van der Waals surface area contributed by atoms with Gasteiger partial charge in [-0.2, -0.15) is 0 Å². The van der Waals surface area contributed by atoms with E-state index in [0.29, 0.717) is 0 Å². The van der Waals surface area contributed by atoms with E-state index < -0.39 is 31.2 Å². The largest absolute Gasteiger partial charge is 0.394 e. The van der Waals surface area contributed by atoms with Gasteiger partial charge in [-0.25, -0.2) is 0 Å². The minimum Gasteiger partial charge on any atom is -0.394 e. The zero-order valence-corrected chi connectivity index (χ0v) is 9.27. The second-order valence-electron chi connectivity index (χ2n) is 3.99. The van der Waals surface area contributed by atoms with Crippen molar-refractivity contribution < 1.29 is 24.8 Å². The molecule has 0 saturated carbocycles. The summed E-state index contributed by atoms with van der Waals surface area (Å²) in [6.45, 7) is -0.384. The van der Waals surface area contributed by atoms with Crippen molar-refractivity contribution in [2.75, 3.05) is 13.2 Å². The molecule has 4 atom stereocenters. The molecule has 0 radical (unpaired) electrons. The van der Waals surface area contributed by atoms with Crippen molar-refractivity contribution >= 4 is 0 Å². The SMILES string of the molecule is OC[C@@H](O)C1OC(c2ccccc2)OC[C@H]1O. The van der Waals surface area contributed by atoms with Gasteiger partial charge in [-0.05, 0) is 0 Å². The quantitative estimate of drug-likeness (QED) is 0.682. The molecule has 2 unspecified atom stereocenters. The minimum atomic E-state index is -1.11. The fourth-order valence-electron chi connectivity index (χ4n) is 1.79. The Bertz CT molecular complexity index is 338. The molecule has 3 N–H and O–H groups in total. The standard InChI is InChI=1S/C12H16O5/c13-6-9(14)11-10(15)7-16-12(17-11)8-4-2-1-3-5-8/h1-5,9-15H,6-7H2/t9-,10-,11?,12?/m1/s1. The third kappa shape index (κ3) is 2.83. The zero-order chi connectivity index (χ0) is 12.3. The highest BCUT2D eigenvalue weighted by molar-refractivity contribution is 5.16. The molecule has 1 heterocycles. The van der Waals surface area contributed by atoms with Gasteiger partial charge < -0.3 is 24.8 Å². The van der Waals surface area contributed by atoms with E-state index >= 15 is 0 Å². The van der Waals surface area contributed by atoms with E-state index in [1.165, 1.54) is 0 Å². The lowest BCUT2D eigenvalue weighted by atomic mass is 10.1. The van der Waals surface area contributed by atoms with Crippen LogP contribution in [0.15, 0.2) is 30.3 Å². The molecule has 1 aromatic carbocycles. The monoisotopic (exact) mass is 240 g/mol. The van der Waals surface area contributed by atoms with Crippen LogP contribution >= 0.6 is 0 Å². The van der Waals surface area contributed by atoms with Crippen LogP contribution in [0.3, 0.4) is 0 Å². The molecule has 94 valence electrons. The first-order chi connectivity index (χ1) is 8.22. The maximum atomic E-state index is 9.61. The Labute approximate surface area is 99.2 Å². The van der Waals surface area contributed by atoms with E-state index in [1.807, 2.05) is 30.3 Å². The summed E-state index contributed by atoms with van der Waals surface area (Å²) >= 11 is 0. The number of rotatable bonds is 3. The summed E-state index contributed by atoms with van der Waals surface area (Å²) < 4.78 is 10.8. The van der Waals surface area contributed by atoms with Crippen LogP contribution in [0.4, 0.5) is 0 Å². The molecule has 5 nitrogen and oxygen atoms in total. The topological polar surface area (TPSA) is 79.2 Å². The Morgan fingerprint density at radius 2 is 2.00 bits per heavy atom. The number of hydrogen-bond donors (Lipinski definition) is 3. The molecule has 1 aliphatic heterocycles. The fourth-order valence-corrected chi connectivity index (χ4v) is 1.79. The van der Waals surface area contributed by atoms with Gasteiger partial charge in [-0.15, -0.1) is 0 Å². The first kappa shape index (κ1) is 12.5. The summed E-state index contributed by atoms with van der Waals surface area (Å²) in [5.74, 6) is 0. The number of aliphatic hydroxyl groups excluding tert-OH is 3. The van der Waals surface area contributed by atoms with Crippen molar-refractivity contribution in [3.05, 3.63) is 35.9 Å². The Hall–Kier alpha value is -0.980. The normalized spacial score (nSPS) is 31.1. The molecule has 0 aliphatic carbocycles. The van der Waals surface area contributed by atoms with Crippen LogP contribution in [0.2, 0.25) is 0 Å². The lowest BCUT2D eigenvalue weighted by molar-refractivity contribution is -0.277. The molecule has 2 rings (SSSR count). The van der Waals surface area contributed by atoms with Crippen LogP contribution in [0, 0.1) is 0 Å². The lowest BCUT2D eigenvalue weighted by Crippen LogP contribution is -2.48. The first-order valence-electron chi connectivity index (χ1n) is 5.51. The van der Waals surface area contributed by atoms with Gasteiger partial charge in [-0.1, -0.05) is 30.3 Å². The van der Waals surface area contributed by atoms with Crippen molar-refractivity contribution in [1.82, 2.24) is 0 Å². The summed E-state index contributed by atoms with van der Waals surface area (Å²) in [5, 5.41) is 28.0. The summed E-state index contributed by atoms with van der Waals surface area (Å²) in [5.41, 5.74) is 0.814. The molecule has 0 amide bonds. The van der Waals surface area contributed by atoms with Crippen molar-refractivity contribution in [2.45, 2.75) is 24.6 Å². The lowest BCUT2D eigenvalue weighted by Gasteiger charge is -2.36. The molecule has 0 spiro atoms. The van der Waals surface area contributed by atoms with E-state index in [4.69, 9.17) is 14.6 Å². The maximum absolute atomic E-state index is 9.61. The van der Waals surface area contributed by atoms with Crippen molar-refractivity contribution in [2.24, 2.45) is 0 Å². The third-order valence-electron chi connectivity index (χ3n) is 2.72. The van der Waals surface area contributed by atoms with Gasteiger partial charge in [0.25, 0.3) is 0 Å². The molecule has 1 saturated heterocycles. The summed E-state index contributed by atoms with van der Waals surface area (Å²) in [7, 11) is 0. The second kappa shape index (κ2) is 5.57. The molecule has 1 aliphatic rings. The van der Waals surface area contributed by atoms with Gasteiger partial charge in [0.2, 0.25) is 0 Å². The van der Waals surface area contributed by atoms with E-state index in [2.05, 4.69) is 0 Å². The van der Waals surface area contributed by atoms with Gasteiger partial charge >= 0.3 is 0 Å². The number of ether oxygens (including phenoxy) is 2. The van der Waals surface area contributed by atoms with Crippen molar-refractivity contribution in [3.63, 3.8) is 0 Å². The smallest absolute Gasteiger partial charge is 0.184 e. The molecule has 0 bridgehead atoms. The van der Waals surface area contributed by atoms with E-state index in [0.717, 1.165) is 5.56 Å². The van der Waals surface area contributed by atoms with Gasteiger partial charge in [0.1, 0.15) is 18.3 Å². The number of aliphatic hydroxyl groups is 3. The van der Waals surface area contributed by atoms with Crippen LogP contribution in [0.5, 0.6) is 0 Å². The maximum Gasteiger partial charge on any atom is 0.184 e. The minimum absolute atomic E-state index is 0.0707. The Balaban J connectivity index is 2.08. The van der Waals surface area contributed by atoms with Gasteiger partial charge in [0.15, 0.2) is 6.29 Å². The van der Waals surface area contributed by atoms with Crippen molar-refractivity contribution in [3.8, 4) is 0 Å². The number of benzene rings is 1. The fraction of sp³-hybridized carbons (Fsp3) is 0.500. The predicted molar refractivity (Wildman–Crippen MR) is 59.1 cm³/mol. The first-order valence-corrected chi connectivity index (χ1v) is 5.51. The Morgan fingerprint density at radius 1 is 1.29 bits per heavy atom. The molecular formula is C12H16O5. The highest BCUT2D eigenvalue weighted by Gasteiger charge is 2.35.